The number of hydrazone groups is 1. The highest BCUT2D eigenvalue weighted by Gasteiger charge is 2.29. The van der Waals surface area contributed by atoms with Gasteiger partial charge in [0, 0.05) is 30.0 Å². The van der Waals surface area contributed by atoms with E-state index in [9.17, 15) is 9.90 Å². The summed E-state index contributed by atoms with van der Waals surface area (Å²) in [6, 6.07) is 18.8. The quantitative estimate of drug-likeness (QED) is 0.164. The molecule has 9 heteroatoms. The maximum atomic E-state index is 12.3. The van der Waals surface area contributed by atoms with Crippen molar-refractivity contribution in [1.29, 1.82) is 0 Å². The molecule has 1 aliphatic heterocycles. The lowest BCUT2D eigenvalue weighted by molar-refractivity contribution is 0.0955. The van der Waals surface area contributed by atoms with Gasteiger partial charge in [-0.1, -0.05) is 35.3 Å². The molecule has 40 heavy (non-hydrogen) atoms. The number of rotatable bonds is 8. The van der Waals surface area contributed by atoms with Crippen LogP contribution in [0.5, 0.6) is 11.5 Å². The average Bonchev–Trinajstić information content (AvgIpc) is 3.41. The van der Waals surface area contributed by atoms with Crippen LogP contribution in [0.15, 0.2) is 71.1 Å². The molecular formula is C31H31Cl2N3O3S. The molecule has 1 unspecified atom stereocenters. The summed E-state index contributed by atoms with van der Waals surface area (Å²) in [5, 5.41) is 16.6. The highest BCUT2D eigenvalue weighted by molar-refractivity contribution is 7.10. The number of carbonyl (C=O) groups excluding carboxylic acids is 1. The maximum Gasteiger partial charge on any atom is 0.271 e. The molecule has 0 fully saturated rings. The standard InChI is InChI=1S/C31H29Cl2N3O3S.H2/c1-19-15-21(18-34-35-31(38)23-5-8-27(37)26(33)17-23)16-20(2)30(19)39-13-12-36-11-9-28-25(10-14-40-28)29(36)22-3-6-24(32)7-4-22;/h3-8,10,14-18,29,37H,9,11-13H2,1-2H3,(H,35,38);1H/b34-18+;. The lowest BCUT2D eigenvalue weighted by Crippen LogP contribution is -2.38. The van der Waals surface area contributed by atoms with Crippen LogP contribution in [0.2, 0.25) is 10.0 Å². The monoisotopic (exact) mass is 595 g/mol. The Morgan fingerprint density at radius 2 is 1.90 bits per heavy atom. The van der Waals surface area contributed by atoms with E-state index in [1.807, 2.05) is 49.4 Å². The second-order valence-corrected chi connectivity index (χ2v) is 11.6. The van der Waals surface area contributed by atoms with Crippen molar-refractivity contribution in [2.75, 3.05) is 19.7 Å². The minimum atomic E-state index is -0.421. The molecule has 208 valence electrons. The van der Waals surface area contributed by atoms with E-state index in [1.54, 1.807) is 6.21 Å². The van der Waals surface area contributed by atoms with Crippen LogP contribution in [0.3, 0.4) is 0 Å². The molecule has 1 aliphatic rings. The van der Waals surface area contributed by atoms with E-state index < -0.39 is 5.91 Å². The number of amides is 1. The molecule has 0 bridgehead atoms. The van der Waals surface area contributed by atoms with Crippen molar-refractivity contribution in [2.45, 2.75) is 26.3 Å². The molecule has 4 aromatic rings. The number of benzene rings is 3. The number of hydrogen-bond acceptors (Lipinski definition) is 6. The first-order valence-electron chi connectivity index (χ1n) is 12.9. The van der Waals surface area contributed by atoms with Gasteiger partial charge in [0.05, 0.1) is 17.3 Å². The fraction of sp³-hybridized carbons (Fsp3) is 0.226. The van der Waals surface area contributed by atoms with Crippen molar-refractivity contribution in [1.82, 2.24) is 10.3 Å². The number of ether oxygens (including phenoxy) is 1. The molecule has 1 amide bonds. The van der Waals surface area contributed by atoms with Crippen molar-refractivity contribution in [3.63, 3.8) is 0 Å². The average molecular weight is 597 g/mol. The van der Waals surface area contributed by atoms with Gasteiger partial charge in [0.2, 0.25) is 0 Å². The summed E-state index contributed by atoms with van der Waals surface area (Å²) in [5.74, 6) is 0.357. The van der Waals surface area contributed by atoms with Crippen molar-refractivity contribution < 1.29 is 16.1 Å². The smallest absolute Gasteiger partial charge is 0.271 e. The highest BCUT2D eigenvalue weighted by atomic mass is 35.5. The molecule has 2 heterocycles. The highest BCUT2D eigenvalue weighted by Crippen LogP contribution is 2.38. The third kappa shape index (κ3) is 6.34. The van der Waals surface area contributed by atoms with Crippen LogP contribution < -0.4 is 10.2 Å². The lowest BCUT2D eigenvalue weighted by atomic mass is 9.93. The Balaban J connectivity index is 0.00000387. The largest absolute Gasteiger partial charge is 0.506 e. The van der Waals surface area contributed by atoms with Crippen molar-refractivity contribution >= 4 is 46.7 Å². The Morgan fingerprint density at radius 3 is 2.62 bits per heavy atom. The van der Waals surface area contributed by atoms with Crippen LogP contribution in [0, 0.1) is 13.8 Å². The van der Waals surface area contributed by atoms with Gasteiger partial charge in [-0.2, -0.15) is 5.10 Å². The molecule has 2 N–H and O–H groups in total. The SMILES string of the molecule is Cc1cc(/C=N/NC(=O)c2ccc(O)c(Cl)c2)cc(C)c1OCCN1CCc2sccc2C1c1ccc(Cl)cc1.[HH]. The Labute approximate surface area is 249 Å². The molecule has 6 nitrogen and oxygen atoms in total. The Morgan fingerprint density at radius 1 is 1.15 bits per heavy atom. The number of carbonyl (C=O) groups is 1. The summed E-state index contributed by atoms with van der Waals surface area (Å²) in [5.41, 5.74) is 8.23. The second kappa shape index (κ2) is 12.4. The first kappa shape index (κ1) is 28.2. The number of aromatic hydroxyl groups is 1. The number of nitrogens with zero attached hydrogens (tertiary/aromatic N) is 2. The number of aryl methyl sites for hydroxylation is 2. The van der Waals surface area contributed by atoms with Crippen LogP contribution in [-0.4, -0.2) is 41.8 Å². The predicted molar refractivity (Wildman–Crippen MR) is 165 cm³/mol. The van der Waals surface area contributed by atoms with Crippen LogP contribution in [-0.2, 0) is 6.42 Å². The number of nitrogens with one attached hydrogen (secondary N) is 1. The van der Waals surface area contributed by atoms with Gasteiger partial charge in [0.25, 0.3) is 5.91 Å². The van der Waals surface area contributed by atoms with E-state index in [-0.39, 0.29) is 18.2 Å². The van der Waals surface area contributed by atoms with Crippen LogP contribution >= 0.6 is 34.5 Å². The minimum Gasteiger partial charge on any atom is -0.506 e. The molecule has 1 atom stereocenters. The number of phenols is 1. The number of hydrogen-bond donors (Lipinski definition) is 2. The third-order valence-corrected chi connectivity index (χ3v) is 8.50. The van der Waals surface area contributed by atoms with E-state index in [1.165, 1.54) is 34.2 Å². The van der Waals surface area contributed by atoms with E-state index in [2.05, 4.69) is 39.0 Å². The van der Waals surface area contributed by atoms with E-state index >= 15 is 0 Å². The number of halogens is 2. The Kier molecular flexibility index (Phi) is 8.76. The van der Waals surface area contributed by atoms with E-state index in [4.69, 9.17) is 27.9 Å². The van der Waals surface area contributed by atoms with Gasteiger partial charge in [-0.05, 0) is 102 Å². The number of phenolic OH excluding ortho intramolecular Hbond substituents is 1. The summed E-state index contributed by atoms with van der Waals surface area (Å²) in [4.78, 5) is 16.3. The number of thiophene rings is 1. The zero-order valence-corrected chi connectivity index (χ0v) is 24.5. The fourth-order valence-electron chi connectivity index (χ4n) is 5.07. The summed E-state index contributed by atoms with van der Waals surface area (Å²) in [6.07, 6.45) is 2.63. The molecule has 3 aromatic carbocycles. The lowest BCUT2D eigenvalue weighted by Gasteiger charge is -2.36. The van der Waals surface area contributed by atoms with Gasteiger partial charge >= 0.3 is 0 Å². The molecule has 0 saturated carbocycles. The second-order valence-electron chi connectivity index (χ2n) is 9.74. The maximum absolute atomic E-state index is 12.3. The predicted octanol–water partition coefficient (Wildman–Crippen LogP) is 7.41. The summed E-state index contributed by atoms with van der Waals surface area (Å²) >= 11 is 13.9. The molecule has 5 rings (SSSR count). The Hall–Kier alpha value is -3.36. The first-order chi connectivity index (χ1) is 19.3. The topological polar surface area (TPSA) is 74.2 Å². The third-order valence-electron chi connectivity index (χ3n) is 6.95. The van der Waals surface area contributed by atoms with Crippen molar-refractivity contribution in [3.8, 4) is 11.5 Å². The molecule has 0 saturated heterocycles. The van der Waals surface area contributed by atoms with Gasteiger partial charge in [-0.3, -0.25) is 9.69 Å². The molecule has 0 spiro atoms. The van der Waals surface area contributed by atoms with Gasteiger partial charge < -0.3 is 9.84 Å². The molecule has 0 aliphatic carbocycles. The molecular weight excluding hydrogens is 565 g/mol. The van der Waals surface area contributed by atoms with Crippen LogP contribution in [0.25, 0.3) is 0 Å². The van der Waals surface area contributed by atoms with Gasteiger partial charge in [-0.15, -0.1) is 11.3 Å². The minimum absolute atomic E-state index is 0. The normalized spacial score (nSPS) is 15.2. The van der Waals surface area contributed by atoms with Crippen molar-refractivity contribution in [2.24, 2.45) is 5.10 Å². The summed E-state index contributed by atoms with van der Waals surface area (Å²) < 4.78 is 6.31. The van der Waals surface area contributed by atoms with Crippen LogP contribution in [0.1, 0.15) is 50.5 Å². The van der Waals surface area contributed by atoms with E-state index in [0.717, 1.165) is 47.0 Å². The first-order valence-corrected chi connectivity index (χ1v) is 14.6. The van der Waals surface area contributed by atoms with Crippen molar-refractivity contribution in [3.05, 3.63) is 114 Å². The summed E-state index contributed by atoms with van der Waals surface area (Å²) in [6.45, 7) is 6.33. The van der Waals surface area contributed by atoms with Gasteiger partial charge in [-0.25, -0.2) is 5.43 Å². The zero-order valence-electron chi connectivity index (χ0n) is 22.2. The molecule has 0 radical (unpaired) electrons. The fourth-order valence-corrected chi connectivity index (χ4v) is 6.28. The van der Waals surface area contributed by atoms with E-state index in [0.29, 0.717) is 12.2 Å². The zero-order chi connectivity index (χ0) is 28.2. The summed E-state index contributed by atoms with van der Waals surface area (Å²) in [7, 11) is 0. The van der Waals surface area contributed by atoms with Gasteiger partial charge in [0.1, 0.15) is 18.1 Å². The number of fused-ring (bicyclic) bond motifs is 1. The van der Waals surface area contributed by atoms with Gasteiger partial charge in [0.15, 0.2) is 0 Å². The van der Waals surface area contributed by atoms with Crippen LogP contribution in [0.4, 0.5) is 0 Å². The molecule has 1 aromatic heterocycles. The Bertz CT molecular complexity index is 1540.